The summed E-state index contributed by atoms with van der Waals surface area (Å²) in [6, 6.07) is 0. The first-order valence-electron chi connectivity index (χ1n) is 4.21. The van der Waals surface area contributed by atoms with Gasteiger partial charge in [-0.15, -0.1) is 0 Å². The highest BCUT2D eigenvalue weighted by atomic mass is 19.3. The van der Waals surface area contributed by atoms with Crippen LogP contribution in [0, 0.1) is 5.92 Å². The summed E-state index contributed by atoms with van der Waals surface area (Å²) in [4.78, 5) is 0. The van der Waals surface area contributed by atoms with Gasteiger partial charge in [-0.2, -0.15) is 8.78 Å². The van der Waals surface area contributed by atoms with Crippen LogP contribution in [0.1, 0.15) is 32.1 Å². The van der Waals surface area contributed by atoms with E-state index in [9.17, 15) is 17.6 Å². The smallest absolute Gasteiger partial charge is 0.204 e. The molecule has 0 N–H and O–H groups in total. The van der Waals surface area contributed by atoms with Gasteiger partial charge in [0.1, 0.15) is 0 Å². The van der Waals surface area contributed by atoms with Crippen molar-refractivity contribution in [2.45, 2.75) is 44.5 Å². The van der Waals surface area contributed by atoms with Crippen molar-refractivity contribution in [2.75, 3.05) is 0 Å². The summed E-state index contributed by atoms with van der Waals surface area (Å²) in [5.74, 6) is -4.85. The van der Waals surface area contributed by atoms with E-state index in [0.29, 0.717) is 12.8 Å². The molecule has 0 amide bonds. The molecule has 1 saturated carbocycles. The fourth-order valence-electron chi connectivity index (χ4n) is 1.67. The van der Waals surface area contributed by atoms with E-state index in [4.69, 9.17) is 0 Å². The molecule has 0 heterocycles. The summed E-state index contributed by atoms with van der Waals surface area (Å²) in [6.07, 6.45) is -0.787. The highest BCUT2D eigenvalue weighted by Gasteiger charge is 2.48. The molecule has 1 aliphatic rings. The summed E-state index contributed by atoms with van der Waals surface area (Å²) >= 11 is 0. The summed E-state index contributed by atoms with van der Waals surface area (Å²) in [5.41, 5.74) is 0. The normalized spacial score (nSPS) is 21.8. The van der Waals surface area contributed by atoms with Crippen LogP contribution in [0.5, 0.6) is 0 Å². The number of alkyl halides is 4. The molecule has 0 aromatic heterocycles. The first kappa shape index (κ1) is 9.81. The zero-order valence-electron chi connectivity index (χ0n) is 6.70. The van der Waals surface area contributed by atoms with Crippen LogP contribution in [-0.2, 0) is 0 Å². The molecule has 0 aliphatic heterocycles. The van der Waals surface area contributed by atoms with Crippen LogP contribution in [0.4, 0.5) is 17.6 Å². The summed E-state index contributed by atoms with van der Waals surface area (Å²) in [5, 5.41) is 0. The third kappa shape index (κ3) is 1.90. The van der Waals surface area contributed by atoms with Crippen LogP contribution in [0.25, 0.3) is 0 Å². The van der Waals surface area contributed by atoms with Crippen molar-refractivity contribution in [1.29, 1.82) is 0 Å². The van der Waals surface area contributed by atoms with E-state index in [0.717, 1.165) is 6.42 Å². The summed E-state index contributed by atoms with van der Waals surface area (Å²) in [7, 11) is 0. The van der Waals surface area contributed by atoms with Crippen LogP contribution in [0.15, 0.2) is 0 Å². The highest BCUT2D eigenvalue weighted by Crippen LogP contribution is 2.40. The zero-order valence-corrected chi connectivity index (χ0v) is 6.70. The van der Waals surface area contributed by atoms with Gasteiger partial charge in [-0.1, -0.05) is 19.3 Å². The maximum absolute atomic E-state index is 12.7. The SMILES string of the molecule is FC(F)C(F)(F)C1CCCCC1. The van der Waals surface area contributed by atoms with E-state index < -0.39 is 18.3 Å². The molecule has 1 rings (SSSR count). The lowest BCUT2D eigenvalue weighted by atomic mass is 9.85. The number of hydrogen-bond donors (Lipinski definition) is 0. The molecular weight excluding hydrogens is 172 g/mol. The van der Waals surface area contributed by atoms with E-state index in [2.05, 4.69) is 0 Å². The summed E-state index contributed by atoms with van der Waals surface area (Å²) in [6.45, 7) is 0. The van der Waals surface area contributed by atoms with E-state index in [1.165, 1.54) is 0 Å². The molecule has 0 spiro atoms. The van der Waals surface area contributed by atoms with Gasteiger partial charge in [0.25, 0.3) is 0 Å². The van der Waals surface area contributed by atoms with E-state index in [1.807, 2.05) is 0 Å². The quantitative estimate of drug-likeness (QED) is 0.576. The Kier molecular flexibility index (Phi) is 2.96. The van der Waals surface area contributed by atoms with Crippen molar-refractivity contribution in [3.05, 3.63) is 0 Å². The van der Waals surface area contributed by atoms with E-state index in [1.54, 1.807) is 0 Å². The fraction of sp³-hybridized carbons (Fsp3) is 1.00. The maximum Gasteiger partial charge on any atom is 0.310 e. The van der Waals surface area contributed by atoms with Crippen molar-refractivity contribution < 1.29 is 17.6 Å². The molecule has 0 aromatic rings. The molecule has 0 saturated heterocycles. The third-order valence-electron chi connectivity index (χ3n) is 2.44. The lowest BCUT2D eigenvalue weighted by Gasteiger charge is -2.29. The second-order valence-electron chi connectivity index (χ2n) is 3.31. The molecule has 0 aromatic carbocycles. The zero-order chi connectivity index (χ0) is 9.19. The number of halogens is 4. The van der Waals surface area contributed by atoms with Gasteiger partial charge in [0.05, 0.1) is 0 Å². The minimum absolute atomic E-state index is 0.247. The second-order valence-corrected chi connectivity index (χ2v) is 3.31. The van der Waals surface area contributed by atoms with Crippen molar-refractivity contribution in [1.82, 2.24) is 0 Å². The van der Waals surface area contributed by atoms with Gasteiger partial charge in [-0.05, 0) is 12.8 Å². The van der Waals surface area contributed by atoms with E-state index >= 15 is 0 Å². The largest absolute Gasteiger partial charge is 0.310 e. The van der Waals surface area contributed by atoms with Gasteiger partial charge in [0.15, 0.2) is 0 Å². The Labute approximate surface area is 69.0 Å². The molecule has 1 fully saturated rings. The molecule has 0 bridgehead atoms. The van der Waals surface area contributed by atoms with Crippen LogP contribution in [0.2, 0.25) is 0 Å². The Balaban J connectivity index is 2.53. The van der Waals surface area contributed by atoms with Gasteiger partial charge >= 0.3 is 12.3 Å². The Morgan fingerprint density at radius 1 is 1.00 bits per heavy atom. The van der Waals surface area contributed by atoms with Gasteiger partial charge in [-0.3, -0.25) is 0 Å². The monoisotopic (exact) mass is 184 g/mol. The Bertz CT molecular complexity index is 138. The molecule has 0 atom stereocenters. The van der Waals surface area contributed by atoms with Crippen molar-refractivity contribution in [3.63, 3.8) is 0 Å². The van der Waals surface area contributed by atoms with Crippen LogP contribution >= 0.6 is 0 Å². The Morgan fingerprint density at radius 2 is 1.50 bits per heavy atom. The Morgan fingerprint density at radius 3 is 1.92 bits per heavy atom. The lowest BCUT2D eigenvalue weighted by Crippen LogP contribution is -2.37. The molecule has 72 valence electrons. The topological polar surface area (TPSA) is 0 Å². The first-order valence-corrected chi connectivity index (χ1v) is 4.21. The average Bonchev–Trinajstić information content (AvgIpc) is 2.06. The summed E-state index contributed by atoms with van der Waals surface area (Å²) < 4.78 is 49.1. The lowest BCUT2D eigenvalue weighted by molar-refractivity contribution is -0.171. The standard InChI is InChI=1S/C8H12F4/c9-7(10)8(11,12)6-4-2-1-3-5-6/h6-7H,1-5H2. The highest BCUT2D eigenvalue weighted by molar-refractivity contribution is 4.81. The first-order chi connectivity index (χ1) is 5.55. The fourth-order valence-corrected chi connectivity index (χ4v) is 1.67. The van der Waals surface area contributed by atoms with Crippen LogP contribution in [0.3, 0.4) is 0 Å². The van der Waals surface area contributed by atoms with Gasteiger partial charge in [0, 0.05) is 5.92 Å². The third-order valence-corrected chi connectivity index (χ3v) is 2.44. The average molecular weight is 184 g/mol. The minimum atomic E-state index is -3.76. The predicted molar refractivity (Wildman–Crippen MR) is 37.5 cm³/mol. The molecule has 4 heteroatoms. The van der Waals surface area contributed by atoms with Gasteiger partial charge in [-0.25, -0.2) is 8.78 Å². The molecule has 0 unspecified atom stereocenters. The van der Waals surface area contributed by atoms with Crippen LogP contribution in [-0.4, -0.2) is 12.3 Å². The number of hydrogen-bond acceptors (Lipinski definition) is 0. The Hall–Kier alpha value is -0.280. The van der Waals surface area contributed by atoms with Gasteiger partial charge < -0.3 is 0 Å². The molecule has 0 radical (unpaired) electrons. The van der Waals surface area contributed by atoms with E-state index in [-0.39, 0.29) is 12.8 Å². The predicted octanol–water partition coefficient (Wildman–Crippen LogP) is 3.47. The number of rotatable bonds is 2. The van der Waals surface area contributed by atoms with Crippen molar-refractivity contribution in [2.24, 2.45) is 5.92 Å². The van der Waals surface area contributed by atoms with Crippen molar-refractivity contribution in [3.8, 4) is 0 Å². The second kappa shape index (κ2) is 3.62. The molecule has 0 nitrogen and oxygen atoms in total. The maximum atomic E-state index is 12.7. The molecule has 12 heavy (non-hydrogen) atoms. The minimum Gasteiger partial charge on any atom is -0.204 e. The molecular formula is C8H12F4. The van der Waals surface area contributed by atoms with Crippen LogP contribution < -0.4 is 0 Å². The molecule has 1 aliphatic carbocycles. The van der Waals surface area contributed by atoms with Gasteiger partial charge in [0.2, 0.25) is 0 Å². The van der Waals surface area contributed by atoms with Crippen molar-refractivity contribution >= 4 is 0 Å².